The van der Waals surface area contributed by atoms with Gasteiger partial charge >= 0.3 is 0 Å². The second-order valence-electron chi connectivity index (χ2n) is 16.5. The zero-order valence-electron chi connectivity index (χ0n) is 34.2. The maximum absolute atomic E-state index is 6.47. The summed E-state index contributed by atoms with van der Waals surface area (Å²) >= 11 is 0. The predicted octanol–water partition coefficient (Wildman–Crippen LogP) is 16.4. The number of fused-ring (bicyclic) bond motifs is 9. The zero-order chi connectivity index (χ0) is 41.4. The third-order valence-electron chi connectivity index (χ3n) is 12.9. The smallest absolute Gasteiger partial charge is 0.135 e. The van der Waals surface area contributed by atoms with Crippen LogP contribution in [-0.4, -0.2) is 9.13 Å². The fourth-order valence-electron chi connectivity index (χ4n) is 9.91. The van der Waals surface area contributed by atoms with Crippen molar-refractivity contribution in [2.24, 2.45) is 0 Å². The van der Waals surface area contributed by atoms with Crippen molar-refractivity contribution in [1.82, 2.24) is 9.13 Å². The molecule has 294 valence electrons. The van der Waals surface area contributed by atoms with E-state index in [0.29, 0.717) is 0 Å². The summed E-state index contributed by atoms with van der Waals surface area (Å²) in [5, 5.41) is 7.20. The summed E-state index contributed by atoms with van der Waals surface area (Å²) in [6.07, 6.45) is 0. The SMILES string of the molecule is c1ccc(-c2ccc3c(c2)c2ccccc2n3-c2cccc(-c3ccc4oc5ccc(-c6cccc(-n7c8ccccc8c8cc(-c9ccccc9)ccc87)c6)cc5c4c3)c2)cc1. The van der Waals surface area contributed by atoms with Crippen molar-refractivity contribution in [3.8, 4) is 55.9 Å². The summed E-state index contributed by atoms with van der Waals surface area (Å²) in [6, 6.07) is 83.4. The number of para-hydroxylation sites is 2. The molecule has 0 aliphatic heterocycles. The molecule has 0 bridgehead atoms. The van der Waals surface area contributed by atoms with Gasteiger partial charge in [-0.05, 0) is 129 Å². The molecule has 0 saturated carbocycles. The van der Waals surface area contributed by atoms with E-state index in [1.807, 2.05) is 0 Å². The highest BCUT2D eigenvalue weighted by Crippen LogP contribution is 2.40. The predicted molar refractivity (Wildman–Crippen MR) is 264 cm³/mol. The van der Waals surface area contributed by atoms with E-state index in [-0.39, 0.29) is 0 Å². The van der Waals surface area contributed by atoms with Crippen molar-refractivity contribution in [3.63, 3.8) is 0 Å². The van der Waals surface area contributed by atoms with Gasteiger partial charge < -0.3 is 13.6 Å². The number of hydrogen-bond acceptors (Lipinski definition) is 1. The Balaban J connectivity index is 0.889. The second-order valence-corrected chi connectivity index (χ2v) is 16.5. The minimum atomic E-state index is 0.882. The largest absolute Gasteiger partial charge is 0.456 e. The van der Waals surface area contributed by atoms with Gasteiger partial charge in [0.1, 0.15) is 11.2 Å². The van der Waals surface area contributed by atoms with E-state index in [1.165, 1.54) is 65.9 Å². The topological polar surface area (TPSA) is 23.0 Å². The molecule has 3 heterocycles. The first kappa shape index (κ1) is 35.4. The quantitative estimate of drug-likeness (QED) is 0.164. The Bertz CT molecular complexity index is 3650. The molecule has 0 atom stereocenters. The van der Waals surface area contributed by atoms with Gasteiger partial charge in [-0.25, -0.2) is 0 Å². The van der Waals surface area contributed by atoms with Crippen molar-refractivity contribution in [2.45, 2.75) is 0 Å². The van der Waals surface area contributed by atoms with Crippen LogP contribution in [0.2, 0.25) is 0 Å². The Labute approximate surface area is 363 Å². The van der Waals surface area contributed by atoms with E-state index >= 15 is 0 Å². The maximum Gasteiger partial charge on any atom is 0.135 e. The average Bonchev–Trinajstić information content (AvgIpc) is 4.01. The van der Waals surface area contributed by atoms with Gasteiger partial charge in [0.2, 0.25) is 0 Å². The molecule has 0 amide bonds. The fourth-order valence-corrected chi connectivity index (χ4v) is 9.91. The second kappa shape index (κ2) is 14.1. The molecule has 3 nitrogen and oxygen atoms in total. The molecule has 13 aromatic rings. The first-order valence-corrected chi connectivity index (χ1v) is 21.6. The van der Waals surface area contributed by atoms with Crippen molar-refractivity contribution in [2.75, 3.05) is 0 Å². The number of benzene rings is 10. The molecule has 0 spiro atoms. The average molecular weight is 803 g/mol. The van der Waals surface area contributed by atoms with E-state index in [2.05, 4.69) is 240 Å². The molecule has 0 radical (unpaired) electrons. The van der Waals surface area contributed by atoms with Crippen molar-refractivity contribution < 1.29 is 4.42 Å². The van der Waals surface area contributed by atoms with Gasteiger partial charge in [0.25, 0.3) is 0 Å². The van der Waals surface area contributed by atoms with Gasteiger partial charge in [0.15, 0.2) is 0 Å². The Morgan fingerprint density at radius 1 is 0.222 bits per heavy atom. The molecular weight excluding hydrogens is 765 g/mol. The van der Waals surface area contributed by atoms with Gasteiger partial charge in [-0.1, -0.05) is 146 Å². The highest BCUT2D eigenvalue weighted by Gasteiger charge is 2.17. The van der Waals surface area contributed by atoms with Crippen LogP contribution in [0.1, 0.15) is 0 Å². The standard InChI is InChI=1S/C60H38N2O/c1-3-13-39(14-4-1)43-25-29-57-51(35-43)49-21-7-9-23-55(49)61(57)47-19-11-17-41(33-47)45-27-31-59-53(37-45)54-38-46(28-32-60(54)63-59)42-18-12-20-48(34-42)62-56-24-10-8-22-50(56)52-36-44(26-30-58(52)62)40-15-5-2-6-16-40/h1-38H. The van der Waals surface area contributed by atoms with E-state index in [9.17, 15) is 0 Å². The Morgan fingerprint density at radius 2 is 0.571 bits per heavy atom. The number of furan rings is 1. The third kappa shape index (κ3) is 5.75. The van der Waals surface area contributed by atoms with Gasteiger partial charge in [0.05, 0.1) is 22.1 Å². The van der Waals surface area contributed by atoms with Crippen molar-refractivity contribution in [3.05, 3.63) is 231 Å². The van der Waals surface area contributed by atoms with Crippen LogP contribution in [0.4, 0.5) is 0 Å². The van der Waals surface area contributed by atoms with Gasteiger partial charge in [-0.3, -0.25) is 0 Å². The zero-order valence-corrected chi connectivity index (χ0v) is 34.2. The lowest BCUT2D eigenvalue weighted by atomic mass is 9.99. The summed E-state index contributed by atoms with van der Waals surface area (Å²) in [4.78, 5) is 0. The molecule has 0 N–H and O–H groups in total. The molecule has 0 saturated heterocycles. The van der Waals surface area contributed by atoms with Crippen LogP contribution in [0.15, 0.2) is 235 Å². The van der Waals surface area contributed by atoms with Gasteiger partial charge in [0, 0.05) is 43.7 Å². The summed E-state index contributed by atoms with van der Waals surface area (Å²) < 4.78 is 11.3. The molecule has 10 aromatic carbocycles. The van der Waals surface area contributed by atoms with Crippen LogP contribution in [-0.2, 0) is 0 Å². The number of aromatic nitrogens is 2. The van der Waals surface area contributed by atoms with Crippen molar-refractivity contribution >= 4 is 65.6 Å². The molecule has 3 aromatic heterocycles. The molecule has 13 rings (SSSR count). The summed E-state index contributed by atoms with van der Waals surface area (Å²) in [6.45, 7) is 0. The van der Waals surface area contributed by atoms with Gasteiger partial charge in [-0.2, -0.15) is 0 Å². The molecule has 0 aliphatic carbocycles. The monoisotopic (exact) mass is 802 g/mol. The molecule has 0 aliphatic rings. The highest BCUT2D eigenvalue weighted by atomic mass is 16.3. The van der Waals surface area contributed by atoms with E-state index in [4.69, 9.17) is 4.42 Å². The molecule has 0 fully saturated rings. The Morgan fingerprint density at radius 3 is 1.05 bits per heavy atom. The first-order chi connectivity index (χ1) is 31.2. The molecular formula is C60H38N2O. The third-order valence-corrected chi connectivity index (χ3v) is 12.9. The van der Waals surface area contributed by atoms with Crippen LogP contribution in [0, 0.1) is 0 Å². The fraction of sp³-hybridized carbons (Fsp3) is 0. The van der Waals surface area contributed by atoms with Crippen molar-refractivity contribution in [1.29, 1.82) is 0 Å². The van der Waals surface area contributed by atoms with E-state index < -0.39 is 0 Å². The number of hydrogen-bond donors (Lipinski definition) is 0. The van der Waals surface area contributed by atoms with Crippen LogP contribution >= 0.6 is 0 Å². The van der Waals surface area contributed by atoms with E-state index in [0.717, 1.165) is 55.6 Å². The highest BCUT2D eigenvalue weighted by molar-refractivity contribution is 6.12. The minimum Gasteiger partial charge on any atom is -0.456 e. The summed E-state index contributed by atoms with van der Waals surface area (Å²) in [5.74, 6) is 0. The normalized spacial score (nSPS) is 11.8. The summed E-state index contributed by atoms with van der Waals surface area (Å²) in [5.41, 5.74) is 18.3. The minimum absolute atomic E-state index is 0.882. The Hall–Kier alpha value is -8.40. The lowest BCUT2D eigenvalue weighted by Crippen LogP contribution is -1.94. The lowest BCUT2D eigenvalue weighted by molar-refractivity contribution is 0.669. The van der Waals surface area contributed by atoms with E-state index in [1.54, 1.807) is 0 Å². The van der Waals surface area contributed by atoms with Crippen LogP contribution < -0.4 is 0 Å². The van der Waals surface area contributed by atoms with Crippen LogP contribution in [0.25, 0.3) is 121 Å². The number of nitrogens with zero attached hydrogens (tertiary/aromatic N) is 2. The maximum atomic E-state index is 6.47. The molecule has 63 heavy (non-hydrogen) atoms. The number of rotatable bonds is 6. The molecule has 0 unspecified atom stereocenters. The first-order valence-electron chi connectivity index (χ1n) is 21.6. The Kier molecular flexibility index (Phi) is 7.91. The lowest BCUT2D eigenvalue weighted by Gasteiger charge is -2.11. The molecule has 3 heteroatoms. The van der Waals surface area contributed by atoms with Crippen LogP contribution in [0.5, 0.6) is 0 Å². The van der Waals surface area contributed by atoms with Gasteiger partial charge in [-0.15, -0.1) is 0 Å². The summed E-state index contributed by atoms with van der Waals surface area (Å²) in [7, 11) is 0. The van der Waals surface area contributed by atoms with Crippen LogP contribution in [0.3, 0.4) is 0 Å².